The van der Waals surface area contributed by atoms with Gasteiger partial charge in [0.2, 0.25) is 5.91 Å². The molecule has 3 aliphatic rings. The van der Waals surface area contributed by atoms with Gasteiger partial charge in [0.15, 0.2) is 53.1 Å². The van der Waals surface area contributed by atoms with Gasteiger partial charge in [0.1, 0.15) is 90.5 Å². The maximum Gasteiger partial charge on any atom is 0.472 e. The molecule has 3 aliphatic heterocycles. The Hall–Kier alpha value is -5.54. The summed E-state index contributed by atoms with van der Waals surface area (Å²) in [6, 6.07) is 0. The van der Waals surface area contributed by atoms with Crippen molar-refractivity contribution in [3.8, 4) is 0 Å². The van der Waals surface area contributed by atoms with Crippen molar-refractivity contribution in [2.45, 2.75) is 170 Å². The molecule has 0 aromatic carbocycles. The molecule has 0 radical (unpaired) electrons. The fraction of sp³-hybridized carbons (Fsp3) is 0.652. The molecule has 80 heavy (non-hydrogen) atoms. The Labute approximate surface area is 457 Å². The van der Waals surface area contributed by atoms with Gasteiger partial charge in [-0.05, 0) is 6.42 Å². The summed E-state index contributed by atoms with van der Waals surface area (Å²) in [5.74, 6) is -0.288. The van der Waals surface area contributed by atoms with Gasteiger partial charge in [0, 0.05) is 13.0 Å². The molecular weight excluding hydrogens is 1090 g/mol. The number of carbonyl (C=O) groups excluding carboxylic acids is 1. The molecule has 9 rings (SSSR count). The molecule has 13 N–H and O–H groups in total. The van der Waals surface area contributed by atoms with E-state index in [1.54, 1.807) is 0 Å². The number of phosphoric acid groups is 2. The molecule has 9 heterocycles. The summed E-state index contributed by atoms with van der Waals surface area (Å²) in [7, 11) is -10.7. The van der Waals surface area contributed by atoms with Gasteiger partial charge >= 0.3 is 15.6 Å². The number of aliphatic hydroxyl groups is 4. The van der Waals surface area contributed by atoms with Gasteiger partial charge in [0.05, 0.1) is 32.2 Å². The Balaban J connectivity index is 0.831. The number of fused-ring (bicyclic) bond motifs is 3. The Morgan fingerprint density at radius 2 is 0.912 bits per heavy atom. The number of hydrogen-bond donors (Lipinski definition) is 10. The normalized spacial score (nSPS) is 27.6. The minimum absolute atomic E-state index is 0.00953. The van der Waals surface area contributed by atoms with E-state index in [9.17, 15) is 44.1 Å². The van der Waals surface area contributed by atoms with Gasteiger partial charge in [-0.25, -0.2) is 54.0 Å². The number of phosphoric ester groups is 2. The molecule has 6 aromatic rings. The number of nitrogens with one attached hydrogen (secondary N) is 1. The van der Waals surface area contributed by atoms with Gasteiger partial charge in [-0.3, -0.25) is 36.6 Å². The molecule has 0 bridgehead atoms. The van der Waals surface area contributed by atoms with Crippen molar-refractivity contribution in [3.05, 3.63) is 38.0 Å². The first kappa shape index (κ1) is 59.1. The Morgan fingerprint density at radius 1 is 0.537 bits per heavy atom. The fourth-order valence-corrected chi connectivity index (χ4v) is 11.9. The summed E-state index contributed by atoms with van der Waals surface area (Å²) in [6.07, 6.45) is 3.17. The molecule has 3 saturated heterocycles. The van der Waals surface area contributed by atoms with E-state index in [1.807, 2.05) is 0 Å². The summed E-state index contributed by atoms with van der Waals surface area (Å²) in [5, 5.41) is 48.0. The van der Waals surface area contributed by atoms with Crippen molar-refractivity contribution < 1.29 is 76.4 Å². The lowest BCUT2D eigenvalue weighted by atomic mass is 10.0. The van der Waals surface area contributed by atoms with E-state index in [1.165, 1.54) is 77.7 Å². The molecule has 6 aromatic heterocycles. The number of imidazole rings is 3. The second kappa shape index (κ2) is 26.1. The number of rotatable bonds is 29. The molecule has 0 spiro atoms. The van der Waals surface area contributed by atoms with Gasteiger partial charge in [0.25, 0.3) is 0 Å². The number of unbranched alkanes of at least 4 members (excludes halogenated alkanes) is 12. The standard InChI is InChI=1S/C46H68N16O16P2/c1-2-3-4-5-6-7-8-9-10-11-12-13-14-15-28(63)50-16-25-33(65)36(45(74-25)61-23-58-30-39(48)52-20-55-42(30)61)77-80(70,71)73-18-27-34(66)37(46(76-27)62-24-59-31-40(49)53-21-56-43(31)62)78-79(68,69)72-17-26-32(64)35(67)44(75-26)60-22-57-29-38(47)51-19-54-41(29)60/h19-27,32-37,44-46,64-67H,2-18H2,1H3,(H,50,63)(H,68,69)(H,70,71)(H2,47,51,54)(H2,48,52,55)(H2,49,53,56)/t25-,26-,27-,32-,33-,34-,35-,36-,37-,44-,45-,46-/m1/s1. The van der Waals surface area contributed by atoms with Crippen molar-refractivity contribution in [1.29, 1.82) is 0 Å². The summed E-state index contributed by atoms with van der Waals surface area (Å²) >= 11 is 0. The lowest BCUT2D eigenvalue weighted by Crippen LogP contribution is -2.40. The molecule has 438 valence electrons. The van der Waals surface area contributed by atoms with E-state index in [0.717, 1.165) is 51.0 Å². The van der Waals surface area contributed by atoms with Crippen molar-refractivity contribution in [2.75, 3.05) is 37.0 Å². The maximum absolute atomic E-state index is 14.0. The lowest BCUT2D eigenvalue weighted by Gasteiger charge is -2.25. The van der Waals surface area contributed by atoms with E-state index >= 15 is 0 Å². The Kier molecular flexibility index (Phi) is 19.3. The van der Waals surface area contributed by atoms with E-state index < -0.39 is 102 Å². The van der Waals surface area contributed by atoms with Gasteiger partial charge in [-0.1, -0.05) is 84.0 Å². The molecule has 14 atom stereocenters. The third-order valence-corrected chi connectivity index (χ3v) is 16.2. The van der Waals surface area contributed by atoms with Crippen LogP contribution in [0.3, 0.4) is 0 Å². The third kappa shape index (κ3) is 13.5. The molecule has 0 saturated carbocycles. The summed E-state index contributed by atoms with van der Waals surface area (Å²) in [4.78, 5) is 72.3. The quantitative estimate of drug-likeness (QED) is 0.0237. The first-order chi connectivity index (χ1) is 38.4. The van der Waals surface area contributed by atoms with E-state index in [0.29, 0.717) is 6.42 Å². The third-order valence-electron chi connectivity index (χ3n) is 14.3. The SMILES string of the molecule is CCCCCCCCCCCCCCCC(=O)NC[C@H]1O[C@@H](n2cnc3c(N)ncnc32)[C@H](OP(=O)(O)OC[C@H]2O[C@@H](n3cnc4c(N)ncnc43)[C@H](OP(=O)(O)OC[C@H]3O[C@@H](n4cnc5c(N)ncnc54)[C@H](O)[C@@H]3O)[C@@H]2O)[C@@H]1O. The smallest absolute Gasteiger partial charge is 0.387 e. The number of amides is 1. The van der Waals surface area contributed by atoms with E-state index in [4.69, 9.17) is 49.5 Å². The summed E-state index contributed by atoms with van der Waals surface area (Å²) in [6.45, 7) is 0.186. The Morgan fingerprint density at radius 3 is 1.36 bits per heavy atom. The number of hydrogen-bond acceptors (Lipinski definition) is 26. The predicted molar refractivity (Wildman–Crippen MR) is 280 cm³/mol. The largest absolute Gasteiger partial charge is 0.472 e. The van der Waals surface area contributed by atoms with Crippen LogP contribution in [0.15, 0.2) is 38.0 Å². The number of nitrogens with zero attached hydrogens (tertiary/aromatic N) is 12. The zero-order valence-electron chi connectivity index (χ0n) is 43.7. The average Bonchev–Trinajstić information content (AvgIpc) is 4.40. The van der Waals surface area contributed by atoms with E-state index in [2.05, 4.69) is 57.1 Å². The first-order valence-corrected chi connectivity index (χ1v) is 29.5. The van der Waals surface area contributed by atoms with Gasteiger partial charge in [-0.15, -0.1) is 0 Å². The van der Waals surface area contributed by atoms with Crippen LogP contribution in [0.5, 0.6) is 0 Å². The van der Waals surface area contributed by atoms with Crippen molar-refractivity contribution in [3.63, 3.8) is 0 Å². The molecule has 0 aliphatic carbocycles. The molecular formula is C46H68N16O16P2. The van der Waals surface area contributed by atoms with Crippen molar-refractivity contribution in [2.24, 2.45) is 0 Å². The number of nitrogens with two attached hydrogens (primary N) is 3. The van der Waals surface area contributed by atoms with Crippen LogP contribution < -0.4 is 22.5 Å². The van der Waals surface area contributed by atoms with Crippen LogP contribution in [0.25, 0.3) is 33.5 Å². The first-order valence-electron chi connectivity index (χ1n) is 26.5. The number of nitrogen functional groups attached to an aromatic ring is 3. The zero-order chi connectivity index (χ0) is 56.7. The fourth-order valence-electron chi connectivity index (χ4n) is 9.99. The lowest BCUT2D eigenvalue weighted by molar-refractivity contribution is -0.122. The predicted octanol–water partition coefficient (Wildman–Crippen LogP) is 1.99. The number of aromatic nitrogens is 12. The highest BCUT2D eigenvalue weighted by molar-refractivity contribution is 7.47. The zero-order valence-corrected chi connectivity index (χ0v) is 45.5. The van der Waals surface area contributed by atoms with Crippen LogP contribution in [-0.4, -0.2) is 169 Å². The number of carbonyl (C=O) groups is 1. The monoisotopic (exact) mass is 1160 g/mol. The topological polar surface area (TPSA) is 458 Å². The highest BCUT2D eigenvalue weighted by atomic mass is 31.2. The number of anilines is 3. The second-order valence-corrected chi connectivity index (χ2v) is 22.7. The number of ether oxygens (including phenoxy) is 3. The molecule has 32 nitrogen and oxygen atoms in total. The molecule has 34 heteroatoms. The second-order valence-electron chi connectivity index (χ2n) is 19.9. The average molecular weight is 1160 g/mol. The molecule has 1 amide bonds. The maximum atomic E-state index is 14.0. The number of aliphatic hydroxyl groups excluding tert-OH is 4. The van der Waals surface area contributed by atoms with Crippen LogP contribution in [0.2, 0.25) is 0 Å². The minimum Gasteiger partial charge on any atom is -0.387 e. The molecule has 2 unspecified atom stereocenters. The van der Waals surface area contributed by atoms with E-state index in [-0.39, 0.29) is 69.8 Å². The summed E-state index contributed by atoms with van der Waals surface area (Å²) < 4.78 is 71.4. The highest BCUT2D eigenvalue weighted by Gasteiger charge is 2.53. The van der Waals surface area contributed by atoms with Gasteiger partial charge < -0.3 is 66.9 Å². The summed E-state index contributed by atoms with van der Waals surface area (Å²) in [5.41, 5.74) is 18.7. The van der Waals surface area contributed by atoms with Crippen LogP contribution in [0.1, 0.15) is 115 Å². The molecule has 3 fully saturated rings. The van der Waals surface area contributed by atoms with Crippen LogP contribution >= 0.6 is 15.6 Å². The Bertz CT molecular complexity index is 3140. The minimum atomic E-state index is -5.34. The van der Waals surface area contributed by atoms with Crippen LogP contribution in [0.4, 0.5) is 17.5 Å². The highest BCUT2D eigenvalue weighted by Crippen LogP contribution is 2.53. The van der Waals surface area contributed by atoms with Crippen molar-refractivity contribution >= 4 is 72.5 Å². The van der Waals surface area contributed by atoms with Gasteiger partial charge in [-0.2, -0.15) is 0 Å². The van der Waals surface area contributed by atoms with Crippen LogP contribution in [0, 0.1) is 0 Å². The van der Waals surface area contributed by atoms with Crippen molar-refractivity contribution in [1.82, 2.24) is 63.9 Å². The van der Waals surface area contributed by atoms with Crippen LogP contribution in [-0.2, 0) is 46.2 Å².